The predicted molar refractivity (Wildman–Crippen MR) is 114 cm³/mol. The Balaban J connectivity index is 2.02. The Bertz CT molecular complexity index is 1160. The van der Waals surface area contributed by atoms with Crippen LogP contribution in [0.25, 0.3) is 0 Å². The number of hydrogen-bond acceptors (Lipinski definition) is 6. The van der Waals surface area contributed by atoms with E-state index in [9.17, 15) is 26.4 Å². The fraction of sp³-hybridized carbons (Fsp3) is 0.263. The van der Waals surface area contributed by atoms with Crippen LogP contribution in [0.5, 0.6) is 0 Å². The topological polar surface area (TPSA) is 147 Å². The second kappa shape index (κ2) is 10.2. The molecule has 0 fully saturated rings. The number of benzene rings is 2. The molecule has 0 saturated heterocycles. The van der Waals surface area contributed by atoms with Gasteiger partial charge in [0.05, 0.1) is 9.79 Å². The van der Waals surface area contributed by atoms with Crippen LogP contribution < -0.4 is 10.0 Å². The summed E-state index contributed by atoms with van der Waals surface area (Å²) in [6, 6.07) is 10.2. The van der Waals surface area contributed by atoms with Gasteiger partial charge >= 0.3 is 5.97 Å². The number of carboxylic acids is 1. The summed E-state index contributed by atoms with van der Waals surface area (Å²) >= 11 is 5.75. The SMILES string of the molecule is C[C@H](NC(=O)CS(=O)(=O)c1cccc(CCNS(=O)(=O)c2ccc(Cl)cc2)c1)C(=O)O. The number of halogens is 1. The molecule has 0 aliphatic heterocycles. The van der Waals surface area contributed by atoms with Crippen molar-refractivity contribution in [2.24, 2.45) is 0 Å². The van der Waals surface area contributed by atoms with Crippen molar-refractivity contribution in [2.45, 2.75) is 29.2 Å². The van der Waals surface area contributed by atoms with Crippen LogP contribution in [0.15, 0.2) is 58.3 Å². The van der Waals surface area contributed by atoms with Crippen molar-refractivity contribution < 1.29 is 31.5 Å². The molecule has 0 aromatic heterocycles. The van der Waals surface area contributed by atoms with Gasteiger partial charge in [-0.3, -0.25) is 9.59 Å². The highest BCUT2D eigenvalue weighted by atomic mass is 35.5. The van der Waals surface area contributed by atoms with E-state index >= 15 is 0 Å². The van der Waals surface area contributed by atoms with Gasteiger partial charge in [-0.2, -0.15) is 0 Å². The average molecular weight is 489 g/mol. The molecule has 1 amide bonds. The van der Waals surface area contributed by atoms with Crippen molar-refractivity contribution in [1.29, 1.82) is 0 Å². The number of carbonyl (C=O) groups excluding carboxylic acids is 1. The molecule has 1 atom stereocenters. The second-order valence-corrected chi connectivity index (χ2v) is 10.8. The molecule has 0 heterocycles. The van der Waals surface area contributed by atoms with Crippen molar-refractivity contribution in [3.05, 3.63) is 59.1 Å². The van der Waals surface area contributed by atoms with Gasteiger partial charge < -0.3 is 10.4 Å². The third-order valence-corrected chi connectivity index (χ3v) is 7.50. The minimum atomic E-state index is -4.01. The molecule has 0 aliphatic rings. The lowest BCUT2D eigenvalue weighted by molar-refractivity contribution is -0.140. The van der Waals surface area contributed by atoms with E-state index in [0.717, 1.165) is 0 Å². The van der Waals surface area contributed by atoms with E-state index in [2.05, 4.69) is 10.0 Å². The number of nitrogens with one attached hydrogen (secondary N) is 2. The van der Waals surface area contributed by atoms with Crippen molar-refractivity contribution in [2.75, 3.05) is 12.3 Å². The van der Waals surface area contributed by atoms with Gasteiger partial charge in [0.25, 0.3) is 0 Å². The molecule has 0 unspecified atom stereocenters. The minimum absolute atomic E-state index is 0.0189. The molecule has 0 aliphatic carbocycles. The highest BCUT2D eigenvalue weighted by molar-refractivity contribution is 7.92. The molecular formula is C19H21ClN2O7S2. The van der Waals surface area contributed by atoms with Gasteiger partial charge in [-0.15, -0.1) is 0 Å². The molecule has 2 rings (SSSR count). The normalized spacial score (nSPS) is 12.8. The van der Waals surface area contributed by atoms with E-state index in [1.807, 2.05) is 0 Å². The van der Waals surface area contributed by atoms with Crippen molar-refractivity contribution in [3.8, 4) is 0 Å². The standard InChI is InChI=1S/C19H21ClN2O7S2/c1-13(19(24)25)22-18(23)12-30(26,27)17-4-2-3-14(11-17)9-10-21-31(28,29)16-7-5-15(20)6-8-16/h2-8,11,13,21H,9-10,12H2,1H3,(H,22,23)(H,24,25)/t13-/m0/s1. The average Bonchev–Trinajstić information content (AvgIpc) is 2.68. The highest BCUT2D eigenvalue weighted by Gasteiger charge is 2.22. The second-order valence-electron chi connectivity index (χ2n) is 6.64. The number of amides is 1. The number of rotatable bonds is 10. The largest absolute Gasteiger partial charge is 0.480 e. The number of carboxylic acid groups (broad SMARTS) is 1. The van der Waals surface area contributed by atoms with E-state index < -0.39 is 43.5 Å². The molecule has 9 nitrogen and oxygen atoms in total. The summed E-state index contributed by atoms with van der Waals surface area (Å²) in [6.07, 6.45) is 0.207. The number of hydrogen-bond donors (Lipinski definition) is 3. The van der Waals surface area contributed by atoms with Crippen LogP contribution in [0.3, 0.4) is 0 Å². The van der Waals surface area contributed by atoms with Crippen molar-refractivity contribution >= 4 is 43.3 Å². The Hall–Kier alpha value is -2.47. The van der Waals surface area contributed by atoms with E-state index in [4.69, 9.17) is 16.7 Å². The first kappa shape index (κ1) is 24.8. The summed E-state index contributed by atoms with van der Waals surface area (Å²) in [4.78, 5) is 22.5. The summed E-state index contributed by atoms with van der Waals surface area (Å²) in [6.45, 7) is 1.24. The molecule has 31 heavy (non-hydrogen) atoms. The van der Waals surface area contributed by atoms with Gasteiger partial charge in [-0.25, -0.2) is 21.6 Å². The van der Waals surface area contributed by atoms with Gasteiger partial charge in [-0.1, -0.05) is 23.7 Å². The van der Waals surface area contributed by atoms with Crippen LogP contribution in [-0.2, 0) is 35.9 Å². The third kappa shape index (κ3) is 7.31. The van der Waals surface area contributed by atoms with Gasteiger partial charge in [0.1, 0.15) is 11.8 Å². The molecule has 0 spiro atoms. The number of sulfonamides is 1. The predicted octanol–water partition coefficient (Wildman–Crippen LogP) is 1.22. The molecule has 0 saturated carbocycles. The van der Waals surface area contributed by atoms with Gasteiger partial charge in [0.15, 0.2) is 9.84 Å². The van der Waals surface area contributed by atoms with E-state index in [1.54, 1.807) is 6.07 Å². The van der Waals surface area contributed by atoms with Crippen molar-refractivity contribution in [1.82, 2.24) is 10.0 Å². The number of aliphatic carboxylic acids is 1. The lowest BCUT2D eigenvalue weighted by Crippen LogP contribution is -2.41. The quantitative estimate of drug-likeness (QED) is 0.455. The van der Waals surface area contributed by atoms with E-state index in [0.29, 0.717) is 10.6 Å². The molecule has 12 heteroatoms. The fourth-order valence-electron chi connectivity index (χ4n) is 2.52. The first-order chi connectivity index (χ1) is 14.4. The minimum Gasteiger partial charge on any atom is -0.480 e. The monoisotopic (exact) mass is 488 g/mol. The lowest BCUT2D eigenvalue weighted by atomic mass is 10.2. The van der Waals surface area contributed by atoms with Crippen LogP contribution in [-0.4, -0.2) is 52.2 Å². The molecule has 2 aromatic rings. The summed E-state index contributed by atoms with van der Waals surface area (Å²) in [5, 5.41) is 11.3. The number of sulfone groups is 1. The zero-order valence-electron chi connectivity index (χ0n) is 16.4. The Morgan fingerprint density at radius 1 is 1.03 bits per heavy atom. The molecule has 168 valence electrons. The van der Waals surface area contributed by atoms with Crippen molar-refractivity contribution in [3.63, 3.8) is 0 Å². The van der Waals surface area contributed by atoms with Crippen LogP contribution in [0, 0.1) is 0 Å². The van der Waals surface area contributed by atoms with Crippen LogP contribution in [0.4, 0.5) is 0 Å². The Morgan fingerprint density at radius 3 is 2.29 bits per heavy atom. The molecule has 3 N–H and O–H groups in total. The van der Waals surface area contributed by atoms with Crippen LogP contribution in [0.1, 0.15) is 12.5 Å². The highest BCUT2D eigenvalue weighted by Crippen LogP contribution is 2.16. The Labute approximate surface area is 185 Å². The zero-order chi connectivity index (χ0) is 23.2. The Kier molecular flexibility index (Phi) is 8.18. The summed E-state index contributed by atoms with van der Waals surface area (Å²) in [5.74, 6) is -3.12. The molecule has 0 bridgehead atoms. The third-order valence-electron chi connectivity index (χ3n) is 4.16. The Morgan fingerprint density at radius 2 is 1.68 bits per heavy atom. The summed E-state index contributed by atoms with van der Waals surface area (Å²) in [7, 11) is -7.76. The maximum absolute atomic E-state index is 12.5. The number of carbonyl (C=O) groups is 2. The van der Waals surface area contributed by atoms with Gasteiger partial charge in [0, 0.05) is 11.6 Å². The summed E-state index contributed by atoms with van der Waals surface area (Å²) in [5.41, 5.74) is 0.541. The molecular weight excluding hydrogens is 468 g/mol. The maximum atomic E-state index is 12.5. The molecule has 0 radical (unpaired) electrons. The van der Waals surface area contributed by atoms with Gasteiger partial charge in [-0.05, 0) is 55.3 Å². The smallest absolute Gasteiger partial charge is 0.325 e. The fourth-order valence-corrected chi connectivity index (χ4v) is 4.89. The van der Waals surface area contributed by atoms with Gasteiger partial charge in [0.2, 0.25) is 15.9 Å². The summed E-state index contributed by atoms with van der Waals surface area (Å²) < 4.78 is 51.9. The van der Waals surface area contributed by atoms with E-state index in [-0.39, 0.29) is 22.8 Å². The first-order valence-electron chi connectivity index (χ1n) is 9.00. The molecule has 2 aromatic carbocycles. The van der Waals surface area contributed by atoms with Crippen LogP contribution >= 0.6 is 11.6 Å². The van der Waals surface area contributed by atoms with Crippen LogP contribution in [0.2, 0.25) is 5.02 Å². The lowest BCUT2D eigenvalue weighted by Gasteiger charge is -2.11. The maximum Gasteiger partial charge on any atom is 0.325 e. The first-order valence-corrected chi connectivity index (χ1v) is 12.5. The van der Waals surface area contributed by atoms with E-state index in [1.165, 1.54) is 49.4 Å². The zero-order valence-corrected chi connectivity index (χ0v) is 18.8.